The van der Waals surface area contributed by atoms with E-state index < -0.39 is 0 Å². The molecule has 0 radical (unpaired) electrons. The Kier molecular flexibility index (Phi) is 5.87. The van der Waals surface area contributed by atoms with Crippen LogP contribution in [0.2, 0.25) is 5.02 Å². The van der Waals surface area contributed by atoms with E-state index in [1.54, 1.807) is 18.1 Å². The second kappa shape index (κ2) is 8.65. The van der Waals surface area contributed by atoms with Gasteiger partial charge in [0.1, 0.15) is 5.75 Å². The Bertz CT molecular complexity index is 1210. The van der Waals surface area contributed by atoms with Crippen molar-refractivity contribution in [1.82, 2.24) is 0 Å². The average Bonchev–Trinajstić information content (AvgIpc) is 3.07. The molecule has 7 heteroatoms. The summed E-state index contributed by atoms with van der Waals surface area (Å²) in [5.74, 6) is 3.29. The highest BCUT2D eigenvalue weighted by Gasteiger charge is 2.51. The predicted molar refractivity (Wildman–Crippen MR) is 148 cm³/mol. The van der Waals surface area contributed by atoms with Crippen LogP contribution in [-0.4, -0.2) is 17.3 Å². The monoisotopic (exact) mass is 573 g/mol. The van der Waals surface area contributed by atoms with Crippen LogP contribution in [0, 0.1) is 17.8 Å². The molecule has 1 aliphatic heterocycles. The number of benzene rings is 2. The van der Waals surface area contributed by atoms with Crippen LogP contribution < -0.4 is 9.64 Å². The number of thiocarbonyl (C=S) groups is 1. The van der Waals surface area contributed by atoms with Crippen molar-refractivity contribution in [3.05, 3.63) is 61.9 Å². The Hall–Kier alpha value is -1.34. The second-order valence-corrected chi connectivity index (χ2v) is 13.2. The van der Waals surface area contributed by atoms with Gasteiger partial charge < -0.3 is 4.74 Å². The minimum Gasteiger partial charge on any atom is -0.496 e. The van der Waals surface area contributed by atoms with E-state index in [1.807, 2.05) is 18.2 Å². The lowest BCUT2D eigenvalue weighted by Gasteiger charge is -2.57. The smallest absolute Gasteiger partial charge is 0.270 e. The van der Waals surface area contributed by atoms with Crippen molar-refractivity contribution in [2.24, 2.45) is 17.8 Å². The molecule has 2 aromatic rings. The fourth-order valence-corrected chi connectivity index (χ4v) is 8.81. The van der Waals surface area contributed by atoms with E-state index in [2.05, 4.69) is 34.1 Å². The van der Waals surface area contributed by atoms with Gasteiger partial charge in [-0.3, -0.25) is 9.69 Å². The van der Waals surface area contributed by atoms with Crippen LogP contribution in [0.5, 0.6) is 5.75 Å². The molecule has 176 valence electrons. The molecule has 1 amide bonds. The number of methoxy groups -OCH3 is 1. The first-order valence-electron chi connectivity index (χ1n) is 11.8. The summed E-state index contributed by atoms with van der Waals surface area (Å²) in [6, 6.07) is 12.0. The molecule has 0 atom stereocenters. The summed E-state index contributed by atoms with van der Waals surface area (Å²) in [4.78, 5) is 15.5. The Morgan fingerprint density at radius 1 is 1.12 bits per heavy atom. The molecule has 2 aromatic carbocycles. The zero-order valence-corrected chi connectivity index (χ0v) is 22.8. The number of rotatable bonds is 4. The molecule has 1 heterocycles. The van der Waals surface area contributed by atoms with Crippen molar-refractivity contribution in [1.29, 1.82) is 0 Å². The molecule has 34 heavy (non-hydrogen) atoms. The fourth-order valence-electron chi connectivity index (χ4n) is 7.10. The molecular formula is C27H25BrClNO2S2. The zero-order valence-electron chi connectivity index (χ0n) is 18.9. The van der Waals surface area contributed by atoms with Crippen molar-refractivity contribution in [3.63, 3.8) is 0 Å². The van der Waals surface area contributed by atoms with Crippen LogP contribution in [0.15, 0.2) is 45.8 Å². The van der Waals surface area contributed by atoms with Gasteiger partial charge >= 0.3 is 0 Å². The van der Waals surface area contributed by atoms with Crippen LogP contribution in [0.25, 0.3) is 6.08 Å². The lowest BCUT2D eigenvalue weighted by molar-refractivity contribution is -0.113. The average molecular weight is 575 g/mol. The molecule has 4 saturated carbocycles. The maximum atomic E-state index is 13.4. The summed E-state index contributed by atoms with van der Waals surface area (Å²) >= 11 is 16.6. The van der Waals surface area contributed by atoms with Crippen molar-refractivity contribution in [2.75, 3.05) is 12.0 Å². The fraction of sp³-hybridized carbons (Fsp3) is 0.407. The number of nitrogens with zero attached hydrogens (tertiary/aromatic N) is 1. The minimum absolute atomic E-state index is 0.129. The van der Waals surface area contributed by atoms with Crippen LogP contribution in [0.4, 0.5) is 5.69 Å². The SMILES string of the molecule is COc1ccc(C23CC4CC(CC(C4)C2)C3)cc1/C=C1/SC(=S)N(c2ccc(Br)c(Cl)c2)C1=O. The predicted octanol–water partition coefficient (Wildman–Crippen LogP) is 7.98. The highest BCUT2D eigenvalue weighted by molar-refractivity contribution is 9.10. The standard InChI is InChI=1S/C27H25BrClNO2S2/c1-32-23-5-2-19(27-12-15-6-16(13-27)8-17(7-15)14-27)9-18(23)10-24-25(31)30(26(33)34-24)20-3-4-21(28)22(29)11-20/h2-5,9-11,15-17H,6-8,12-14H2,1H3/b24-10+. The Morgan fingerprint density at radius 3 is 2.41 bits per heavy atom. The number of thioether (sulfide) groups is 1. The number of hydrogen-bond donors (Lipinski definition) is 0. The van der Waals surface area contributed by atoms with Crippen molar-refractivity contribution in [2.45, 2.75) is 43.9 Å². The molecule has 0 aromatic heterocycles. The molecule has 0 spiro atoms. The molecule has 0 unspecified atom stereocenters. The van der Waals surface area contributed by atoms with E-state index in [1.165, 1.54) is 55.9 Å². The van der Waals surface area contributed by atoms with Gasteiger partial charge in [0.25, 0.3) is 5.91 Å². The van der Waals surface area contributed by atoms with Crippen LogP contribution in [0.1, 0.15) is 49.7 Å². The Balaban J connectivity index is 1.35. The first kappa shape index (κ1) is 23.1. The largest absolute Gasteiger partial charge is 0.496 e. The summed E-state index contributed by atoms with van der Waals surface area (Å²) in [6.07, 6.45) is 10.1. The van der Waals surface area contributed by atoms with E-state index in [0.29, 0.717) is 19.9 Å². The van der Waals surface area contributed by atoms with Crippen LogP contribution in [-0.2, 0) is 10.2 Å². The Labute approximate surface area is 223 Å². The topological polar surface area (TPSA) is 29.5 Å². The highest BCUT2D eigenvalue weighted by Crippen LogP contribution is 2.61. The van der Waals surface area contributed by atoms with Gasteiger partial charge in [-0.05, 0) is 120 Å². The van der Waals surface area contributed by atoms with Gasteiger partial charge in [-0.2, -0.15) is 0 Å². The molecule has 5 fully saturated rings. The lowest BCUT2D eigenvalue weighted by Crippen LogP contribution is -2.48. The third kappa shape index (κ3) is 3.85. The summed E-state index contributed by atoms with van der Waals surface area (Å²) in [5, 5.41) is 0.542. The number of carbonyl (C=O) groups excluding carboxylic acids is 1. The molecule has 7 rings (SSSR count). The van der Waals surface area contributed by atoms with E-state index in [9.17, 15) is 4.79 Å². The quantitative estimate of drug-likeness (QED) is 0.273. The summed E-state index contributed by atoms with van der Waals surface area (Å²) in [6.45, 7) is 0. The third-order valence-electron chi connectivity index (χ3n) is 8.12. The van der Waals surface area contributed by atoms with Gasteiger partial charge in [0.05, 0.1) is 22.7 Å². The van der Waals surface area contributed by atoms with E-state index in [4.69, 9.17) is 28.6 Å². The van der Waals surface area contributed by atoms with Crippen molar-refractivity contribution in [3.8, 4) is 5.75 Å². The van der Waals surface area contributed by atoms with Gasteiger partial charge in [0, 0.05) is 10.0 Å². The van der Waals surface area contributed by atoms with Crippen LogP contribution >= 0.6 is 51.5 Å². The molecule has 1 saturated heterocycles. The lowest BCUT2D eigenvalue weighted by atomic mass is 9.48. The van der Waals surface area contributed by atoms with Crippen LogP contribution in [0.3, 0.4) is 0 Å². The molecular weight excluding hydrogens is 550 g/mol. The number of carbonyl (C=O) groups is 1. The number of amides is 1. The van der Waals surface area contributed by atoms with Crippen molar-refractivity contribution < 1.29 is 9.53 Å². The first-order chi connectivity index (χ1) is 16.3. The number of anilines is 1. The van der Waals surface area contributed by atoms with Gasteiger partial charge in [-0.25, -0.2) is 0 Å². The number of halogens is 2. The zero-order chi connectivity index (χ0) is 23.6. The third-order valence-corrected chi connectivity index (χ3v) is 10.7. The molecule has 4 aliphatic carbocycles. The van der Waals surface area contributed by atoms with E-state index in [-0.39, 0.29) is 11.3 Å². The van der Waals surface area contributed by atoms with Gasteiger partial charge in [0.2, 0.25) is 0 Å². The van der Waals surface area contributed by atoms with Gasteiger partial charge in [0.15, 0.2) is 4.32 Å². The highest BCUT2D eigenvalue weighted by atomic mass is 79.9. The Morgan fingerprint density at radius 2 is 1.79 bits per heavy atom. The second-order valence-electron chi connectivity index (χ2n) is 10.3. The summed E-state index contributed by atoms with van der Waals surface area (Å²) in [7, 11) is 1.69. The maximum Gasteiger partial charge on any atom is 0.270 e. The molecule has 0 N–H and O–H groups in total. The normalized spacial score (nSPS) is 31.1. The molecule has 5 aliphatic rings. The summed E-state index contributed by atoms with van der Waals surface area (Å²) < 4.78 is 6.99. The first-order valence-corrected chi connectivity index (χ1v) is 14.2. The minimum atomic E-state index is -0.129. The number of ether oxygens (including phenoxy) is 1. The summed E-state index contributed by atoms with van der Waals surface area (Å²) in [5.41, 5.74) is 3.32. The maximum absolute atomic E-state index is 13.4. The van der Waals surface area contributed by atoms with Gasteiger partial charge in [-0.15, -0.1) is 0 Å². The van der Waals surface area contributed by atoms with E-state index >= 15 is 0 Å². The number of hydrogen-bond acceptors (Lipinski definition) is 4. The molecule has 4 bridgehead atoms. The van der Waals surface area contributed by atoms with Crippen molar-refractivity contribution >= 4 is 73.5 Å². The van der Waals surface area contributed by atoms with Gasteiger partial charge in [-0.1, -0.05) is 41.6 Å². The van der Waals surface area contributed by atoms with E-state index in [0.717, 1.165) is 33.5 Å². The molecule has 3 nitrogen and oxygen atoms in total.